The van der Waals surface area contributed by atoms with Gasteiger partial charge >= 0.3 is 0 Å². The first-order valence-corrected chi connectivity index (χ1v) is 9.19. The molecule has 0 aromatic carbocycles. The highest BCUT2D eigenvalue weighted by Crippen LogP contribution is 2.29. The molecular weight excluding hydrogens is 330 g/mol. The van der Waals surface area contributed by atoms with Gasteiger partial charge in [-0.2, -0.15) is 0 Å². The van der Waals surface area contributed by atoms with Crippen LogP contribution in [-0.2, 0) is 16.1 Å². The van der Waals surface area contributed by atoms with Gasteiger partial charge in [0.2, 0.25) is 11.8 Å². The van der Waals surface area contributed by atoms with Gasteiger partial charge in [0.05, 0.1) is 12.2 Å². The molecule has 0 bridgehead atoms. The van der Waals surface area contributed by atoms with Gasteiger partial charge in [0.15, 0.2) is 0 Å². The number of carbonyl (C=O) groups is 2. The van der Waals surface area contributed by atoms with Crippen LogP contribution in [0.1, 0.15) is 51.6 Å². The average Bonchev–Trinajstić information content (AvgIpc) is 2.95. The molecule has 0 unspecified atom stereocenters. The number of hydrogen-bond acceptors (Lipinski definition) is 5. The molecule has 1 aliphatic heterocycles. The molecule has 2 rings (SSSR count). The number of hydrogen-bond donors (Lipinski definition) is 0. The van der Waals surface area contributed by atoms with Crippen molar-refractivity contribution in [2.45, 2.75) is 52.6 Å². The molecule has 0 radical (unpaired) electrons. The Morgan fingerprint density at radius 1 is 1.23 bits per heavy atom. The van der Waals surface area contributed by atoms with Crippen LogP contribution in [0.15, 0.2) is 6.07 Å². The minimum absolute atomic E-state index is 0.0624. The lowest BCUT2D eigenvalue weighted by Gasteiger charge is -2.22. The van der Waals surface area contributed by atoms with Gasteiger partial charge in [-0.25, -0.2) is 9.97 Å². The fraction of sp³-hybridized carbons (Fsp3) is 0.684. The van der Waals surface area contributed by atoms with Crippen LogP contribution in [0, 0.1) is 5.92 Å². The van der Waals surface area contributed by atoms with E-state index in [1.807, 2.05) is 57.7 Å². The van der Waals surface area contributed by atoms with Gasteiger partial charge in [-0.15, -0.1) is 0 Å². The Balaban J connectivity index is 2.29. The molecule has 7 nitrogen and oxygen atoms in total. The Hall–Kier alpha value is -2.18. The molecule has 144 valence electrons. The first-order valence-electron chi connectivity index (χ1n) is 9.19. The number of amides is 2. The fourth-order valence-electron chi connectivity index (χ4n) is 3.17. The Morgan fingerprint density at radius 2 is 1.88 bits per heavy atom. The Labute approximate surface area is 156 Å². The third-order valence-electron chi connectivity index (χ3n) is 4.69. The quantitative estimate of drug-likeness (QED) is 0.774. The van der Waals surface area contributed by atoms with E-state index >= 15 is 0 Å². The summed E-state index contributed by atoms with van der Waals surface area (Å²) in [4.78, 5) is 39.2. The number of nitrogens with zero attached hydrogens (tertiary/aromatic N) is 5. The van der Waals surface area contributed by atoms with Crippen LogP contribution in [0.3, 0.4) is 0 Å². The van der Waals surface area contributed by atoms with Crippen molar-refractivity contribution in [1.82, 2.24) is 19.8 Å². The third kappa shape index (κ3) is 4.51. The summed E-state index contributed by atoms with van der Waals surface area (Å²) in [6.45, 7) is 8.87. The minimum atomic E-state index is -0.0662. The monoisotopic (exact) mass is 361 g/mol. The summed E-state index contributed by atoms with van der Waals surface area (Å²) >= 11 is 0. The number of aromatic nitrogens is 2. The zero-order valence-corrected chi connectivity index (χ0v) is 17.0. The number of anilines is 1. The number of carbonyl (C=O) groups excluding carboxylic acids is 2. The highest BCUT2D eigenvalue weighted by molar-refractivity contribution is 5.80. The lowest BCUT2D eigenvalue weighted by atomic mass is 10.0. The minimum Gasteiger partial charge on any atom is -0.363 e. The number of rotatable bonds is 6. The lowest BCUT2D eigenvalue weighted by molar-refractivity contribution is -0.133. The van der Waals surface area contributed by atoms with Crippen molar-refractivity contribution in [3.05, 3.63) is 17.6 Å². The van der Waals surface area contributed by atoms with Crippen LogP contribution in [-0.4, -0.2) is 65.3 Å². The summed E-state index contributed by atoms with van der Waals surface area (Å²) in [5.74, 6) is 1.64. The van der Waals surface area contributed by atoms with Crippen molar-refractivity contribution in [1.29, 1.82) is 0 Å². The molecule has 1 aromatic rings. The van der Waals surface area contributed by atoms with E-state index in [0.717, 1.165) is 11.5 Å². The number of likely N-dealkylation sites (tertiary alicyclic amines) is 1. The normalized spacial score (nSPS) is 17.3. The largest absolute Gasteiger partial charge is 0.363 e. The summed E-state index contributed by atoms with van der Waals surface area (Å²) in [5, 5.41) is 0. The van der Waals surface area contributed by atoms with Crippen molar-refractivity contribution in [2.75, 3.05) is 32.6 Å². The topological polar surface area (TPSA) is 69.6 Å². The lowest BCUT2D eigenvalue weighted by Crippen LogP contribution is -2.32. The van der Waals surface area contributed by atoms with Crippen LogP contribution in [0.2, 0.25) is 0 Å². The maximum Gasteiger partial charge on any atom is 0.225 e. The van der Waals surface area contributed by atoms with Crippen LogP contribution < -0.4 is 4.90 Å². The van der Waals surface area contributed by atoms with Gasteiger partial charge in [-0.05, 0) is 13.8 Å². The van der Waals surface area contributed by atoms with E-state index in [-0.39, 0.29) is 29.7 Å². The van der Waals surface area contributed by atoms with Crippen LogP contribution >= 0.6 is 0 Å². The van der Waals surface area contributed by atoms with Crippen molar-refractivity contribution in [3.8, 4) is 0 Å². The maximum absolute atomic E-state index is 12.3. The van der Waals surface area contributed by atoms with Gasteiger partial charge < -0.3 is 14.7 Å². The van der Waals surface area contributed by atoms with Crippen molar-refractivity contribution >= 4 is 17.6 Å². The zero-order chi connectivity index (χ0) is 19.6. The molecule has 0 saturated carbocycles. The molecule has 7 heteroatoms. The first-order chi connectivity index (χ1) is 12.1. The molecule has 1 fully saturated rings. The predicted molar refractivity (Wildman–Crippen MR) is 102 cm³/mol. The molecule has 0 N–H and O–H groups in total. The molecule has 0 aliphatic carbocycles. The van der Waals surface area contributed by atoms with E-state index in [0.29, 0.717) is 25.3 Å². The van der Waals surface area contributed by atoms with E-state index in [1.54, 1.807) is 11.9 Å². The molecule has 0 spiro atoms. The standard InChI is InChI=1S/C19H31N5O2/c1-12(2)19(26)23(7)11-16-20-15(9-17(21-16)22(5)6)14-8-18(25)24(10-14)13(3)4/h9,12-14H,8,10-11H2,1-7H3/t14-/m0/s1. The highest BCUT2D eigenvalue weighted by Gasteiger charge is 2.33. The summed E-state index contributed by atoms with van der Waals surface area (Å²) in [5.41, 5.74) is 0.876. The molecule has 1 saturated heterocycles. The molecule has 1 atom stereocenters. The van der Waals surface area contributed by atoms with Gasteiger partial charge in [-0.1, -0.05) is 13.8 Å². The summed E-state index contributed by atoms with van der Waals surface area (Å²) in [7, 11) is 5.63. The second-order valence-electron chi connectivity index (χ2n) is 7.85. The van der Waals surface area contributed by atoms with Gasteiger partial charge in [0, 0.05) is 58.1 Å². The van der Waals surface area contributed by atoms with Crippen molar-refractivity contribution in [3.63, 3.8) is 0 Å². The summed E-state index contributed by atoms with van der Waals surface area (Å²) < 4.78 is 0. The van der Waals surface area contributed by atoms with Crippen LogP contribution in [0.5, 0.6) is 0 Å². The zero-order valence-electron chi connectivity index (χ0n) is 17.0. The Kier molecular flexibility index (Phi) is 6.21. The van der Waals surface area contributed by atoms with E-state index in [2.05, 4.69) is 4.98 Å². The van der Waals surface area contributed by atoms with Gasteiger partial charge in [0.1, 0.15) is 11.6 Å². The van der Waals surface area contributed by atoms with Crippen LogP contribution in [0.25, 0.3) is 0 Å². The molecule has 2 heterocycles. The summed E-state index contributed by atoms with van der Waals surface area (Å²) in [6.07, 6.45) is 0.474. The van der Waals surface area contributed by atoms with Gasteiger partial charge in [0.25, 0.3) is 0 Å². The van der Waals surface area contributed by atoms with E-state index in [4.69, 9.17) is 4.98 Å². The highest BCUT2D eigenvalue weighted by atomic mass is 16.2. The predicted octanol–water partition coefficient (Wildman–Crippen LogP) is 1.88. The Bertz CT molecular complexity index is 672. The first kappa shape index (κ1) is 20.1. The molecule has 26 heavy (non-hydrogen) atoms. The van der Waals surface area contributed by atoms with Crippen molar-refractivity contribution in [2.24, 2.45) is 5.92 Å². The maximum atomic E-state index is 12.3. The van der Waals surface area contributed by atoms with E-state index in [1.165, 1.54) is 0 Å². The smallest absolute Gasteiger partial charge is 0.225 e. The fourth-order valence-corrected chi connectivity index (χ4v) is 3.17. The van der Waals surface area contributed by atoms with Crippen LogP contribution in [0.4, 0.5) is 5.82 Å². The Morgan fingerprint density at radius 3 is 2.38 bits per heavy atom. The SMILES string of the molecule is CC(C)C(=O)N(C)Cc1nc([C@H]2CC(=O)N(C(C)C)C2)cc(N(C)C)n1. The van der Waals surface area contributed by atoms with E-state index < -0.39 is 0 Å². The molecule has 2 amide bonds. The molecular formula is C19H31N5O2. The molecule has 1 aromatic heterocycles. The summed E-state index contributed by atoms with van der Waals surface area (Å²) in [6, 6.07) is 2.15. The van der Waals surface area contributed by atoms with Crippen molar-refractivity contribution < 1.29 is 9.59 Å². The average molecular weight is 361 g/mol. The van der Waals surface area contributed by atoms with E-state index in [9.17, 15) is 9.59 Å². The second kappa shape index (κ2) is 8.01. The molecule has 1 aliphatic rings. The van der Waals surface area contributed by atoms with Gasteiger partial charge in [-0.3, -0.25) is 9.59 Å². The second-order valence-corrected chi connectivity index (χ2v) is 7.85. The third-order valence-corrected chi connectivity index (χ3v) is 4.69.